The van der Waals surface area contributed by atoms with Crippen LogP contribution in [0.15, 0.2) is 41.5 Å². The minimum atomic E-state index is -2.31. The van der Waals surface area contributed by atoms with Gasteiger partial charge in [0.15, 0.2) is 0 Å². The van der Waals surface area contributed by atoms with Gasteiger partial charge in [-0.3, -0.25) is 0 Å². The summed E-state index contributed by atoms with van der Waals surface area (Å²) >= 11 is -2.31. The van der Waals surface area contributed by atoms with Crippen molar-refractivity contribution in [2.45, 2.75) is 63.4 Å². The number of hydrogen-bond acceptors (Lipinski definition) is 0. The average Bonchev–Trinajstić information content (AvgIpc) is 3.19. The molecule has 1 saturated carbocycles. The Kier molecular flexibility index (Phi) is 7.87. The number of rotatable bonds is 3. The molecule has 0 bridgehead atoms. The fraction of sp³-hybridized carbons (Fsp3) is 0.579. The Morgan fingerprint density at radius 1 is 1.04 bits per heavy atom. The molecule has 23 heavy (non-hydrogen) atoms. The molecule has 4 heteroatoms. The zero-order valence-electron chi connectivity index (χ0n) is 15.2. The van der Waals surface area contributed by atoms with Crippen molar-refractivity contribution >= 4 is 7.37 Å². The van der Waals surface area contributed by atoms with Crippen LogP contribution >= 0.6 is 0 Å². The van der Waals surface area contributed by atoms with Crippen LogP contribution < -0.4 is 24.8 Å². The van der Waals surface area contributed by atoms with Crippen LogP contribution in [0.25, 0.3) is 0 Å². The van der Waals surface area contributed by atoms with Crippen LogP contribution in [0.5, 0.6) is 0 Å². The van der Waals surface area contributed by atoms with Gasteiger partial charge in [0, 0.05) is 0 Å². The molecule has 3 rings (SSSR count). The number of halogens is 2. The van der Waals surface area contributed by atoms with Gasteiger partial charge in [-0.25, -0.2) is 0 Å². The summed E-state index contributed by atoms with van der Waals surface area (Å²) in [6.07, 6.45) is 14.7. The molecule has 0 aromatic heterocycles. The predicted molar refractivity (Wildman–Crippen MR) is 94.2 cm³/mol. The van der Waals surface area contributed by atoms with E-state index in [-0.39, 0.29) is 24.8 Å². The second-order valence-corrected chi connectivity index (χ2v) is 27.7. The van der Waals surface area contributed by atoms with Gasteiger partial charge in [0.05, 0.1) is 0 Å². The molecule has 3 aliphatic carbocycles. The first kappa shape index (κ1) is 21.7. The molecule has 0 N–H and O–H groups in total. The molecule has 128 valence electrons. The maximum atomic E-state index is 2.54. The Morgan fingerprint density at radius 2 is 1.65 bits per heavy atom. The molecular formula is C19H30Cl2SiZr. The van der Waals surface area contributed by atoms with Crippen LogP contribution in [0, 0.1) is 5.92 Å². The van der Waals surface area contributed by atoms with Crippen molar-refractivity contribution < 1.29 is 44.2 Å². The average molecular weight is 449 g/mol. The molecule has 3 aliphatic rings. The molecular weight excluding hydrogens is 418 g/mol. The van der Waals surface area contributed by atoms with E-state index >= 15 is 0 Å². The van der Waals surface area contributed by atoms with Crippen LogP contribution in [-0.2, 0) is 19.4 Å². The molecule has 2 atom stereocenters. The van der Waals surface area contributed by atoms with E-state index in [1.165, 1.54) is 26.6 Å². The van der Waals surface area contributed by atoms with E-state index in [4.69, 9.17) is 0 Å². The van der Waals surface area contributed by atoms with Gasteiger partial charge in [-0.2, -0.15) is 0 Å². The molecule has 0 aliphatic heterocycles. The van der Waals surface area contributed by atoms with Crippen LogP contribution in [-0.4, -0.2) is 7.37 Å². The quantitative estimate of drug-likeness (QED) is 0.481. The molecule has 0 amide bonds. The van der Waals surface area contributed by atoms with Crippen LogP contribution in [0.4, 0.5) is 0 Å². The second-order valence-electron chi connectivity index (χ2n) is 7.58. The molecule has 1 fully saturated rings. The monoisotopic (exact) mass is 446 g/mol. The van der Waals surface area contributed by atoms with Crippen molar-refractivity contribution in [2.75, 3.05) is 0 Å². The zero-order chi connectivity index (χ0) is 15.2. The maximum Gasteiger partial charge on any atom is -1.00 e. The topological polar surface area (TPSA) is 0 Å². The number of hydrogen-bond donors (Lipinski definition) is 0. The van der Waals surface area contributed by atoms with Crippen molar-refractivity contribution in [2.24, 2.45) is 5.92 Å². The SMILES string of the molecule is CC1=C(C)C(C)[C]([Zr+2]([SiH3])([C]2=CC=CC2)[CH]2CCCC2)=C1C.[Cl-].[Cl-]. The first-order chi connectivity index (χ1) is 9.98. The maximum absolute atomic E-state index is 2.54. The fourth-order valence-electron chi connectivity index (χ4n) is 5.19. The van der Waals surface area contributed by atoms with E-state index in [9.17, 15) is 0 Å². The Bertz CT molecular complexity index is 582. The van der Waals surface area contributed by atoms with E-state index in [1.54, 1.807) is 29.6 Å². The molecule has 0 saturated heterocycles. The molecule has 0 aromatic carbocycles. The van der Waals surface area contributed by atoms with Gasteiger partial charge in [0.25, 0.3) is 0 Å². The Labute approximate surface area is 161 Å². The Balaban J connectivity index is 0.00000132. The minimum absolute atomic E-state index is 0. The third-order valence-corrected chi connectivity index (χ3v) is 33.0. The minimum Gasteiger partial charge on any atom is -1.00 e. The Hall–Kier alpha value is 0.640. The van der Waals surface area contributed by atoms with Crippen molar-refractivity contribution in [3.8, 4) is 0 Å². The zero-order valence-corrected chi connectivity index (χ0v) is 21.1. The van der Waals surface area contributed by atoms with Crippen LogP contribution in [0.1, 0.15) is 59.8 Å². The first-order valence-electron chi connectivity index (χ1n) is 8.73. The molecule has 0 spiro atoms. The molecule has 0 aromatic rings. The molecule has 0 heterocycles. The molecule has 0 radical (unpaired) electrons. The van der Waals surface area contributed by atoms with E-state index < -0.39 is 19.4 Å². The molecule has 2 unspecified atom stereocenters. The summed E-state index contributed by atoms with van der Waals surface area (Å²) in [7, 11) is 1.47. The van der Waals surface area contributed by atoms with Gasteiger partial charge in [-0.05, 0) is 0 Å². The molecule has 0 nitrogen and oxygen atoms in total. The summed E-state index contributed by atoms with van der Waals surface area (Å²) < 4.78 is 5.06. The van der Waals surface area contributed by atoms with Gasteiger partial charge >= 0.3 is 138 Å². The summed E-state index contributed by atoms with van der Waals surface area (Å²) in [5.74, 6) is 0.750. The van der Waals surface area contributed by atoms with E-state index in [0.29, 0.717) is 0 Å². The van der Waals surface area contributed by atoms with E-state index in [0.717, 1.165) is 9.54 Å². The third-order valence-electron chi connectivity index (χ3n) is 6.81. The van der Waals surface area contributed by atoms with Crippen molar-refractivity contribution in [1.29, 1.82) is 0 Å². The fourth-order valence-corrected chi connectivity index (χ4v) is 30.2. The van der Waals surface area contributed by atoms with Crippen molar-refractivity contribution in [3.63, 3.8) is 0 Å². The van der Waals surface area contributed by atoms with Crippen LogP contribution in [0.2, 0.25) is 3.63 Å². The third kappa shape index (κ3) is 3.48. The van der Waals surface area contributed by atoms with Gasteiger partial charge in [0.1, 0.15) is 0 Å². The van der Waals surface area contributed by atoms with Crippen LogP contribution in [0.3, 0.4) is 0 Å². The second kappa shape index (κ2) is 8.35. The van der Waals surface area contributed by atoms with Crippen molar-refractivity contribution in [1.82, 2.24) is 0 Å². The first-order valence-corrected chi connectivity index (χ1v) is 21.0. The van der Waals surface area contributed by atoms with Gasteiger partial charge < -0.3 is 24.8 Å². The largest absolute Gasteiger partial charge is 1.00 e. The summed E-state index contributed by atoms with van der Waals surface area (Å²) in [4.78, 5) is 0. The van der Waals surface area contributed by atoms with Crippen molar-refractivity contribution in [3.05, 3.63) is 41.5 Å². The smallest absolute Gasteiger partial charge is 1.00 e. The van der Waals surface area contributed by atoms with Gasteiger partial charge in [0.2, 0.25) is 0 Å². The summed E-state index contributed by atoms with van der Waals surface area (Å²) in [6, 6.07) is 0. The number of allylic oxidation sites excluding steroid dienone is 8. The summed E-state index contributed by atoms with van der Waals surface area (Å²) in [5.41, 5.74) is 5.01. The van der Waals surface area contributed by atoms with Gasteiger partial charge in [-0.15, -0.1) is 0 Å². The van der Waals surface area contributed by atoms with Gasteiger partial charge in [-0.1, -0.05) is 0 Å². The normalized spacial score (nSPS) is 25.7. The predicted octanol–water partition coefficient (Wildman–Crippen LogP) is -1.10. The summed E-state index contributed by atoms with van der Waals surface area (Å²) in [5, 5.41) is 0. The van der Waals surface area contributed by atoms with E-state index in [1.807, 2.05) is 6.56 Å². The van der Waals surface area contributed by atoms with E-state index in [2.05, 4.69) is 45.9 Å². The standard InChI is InChI=1S/C9H13.C5H9.C5H5.2ClH.H3Si.Zr/c1-6-5-7(2)9(4)8(6)3;2*1-2-4-5-3-1;;;;/h6H,1-4H3;1H,2-5H2;1-3H,4H2;2*1H;1H3;/q;;;;;;+2/p-2. The summed E-state index contributed by atoms with van der Waals surface area (Å²) in [6.45, 7) is 9.71. The Morgan fingerprint density at radius 3 is 2.09 bits per heavy atom.